The lowest BCUT2D eigenvalue weighted by Crippen LogP contribution is -2.33. The van der Waals surface area contributed by atoms with Crippen molar-refractivity contribution in [2.45, 2.75) is 51.7 Å². The van der Waals surface area contributed by atoms with E-state index in [0.717, 1.165) is 24.0 Å². The normalized spacial score (nSPS) is 12.0. The third kappa shape index (κ3) is 9.75. The van der Waals surface area contributed by atoms with Gasteiger partial charge >= 0.3 is 6.09 Å². The van der Waals surface area contributed by atoms with Gasteiger partial charge in [-0.3, -0.25) is 0 Å². The van der Waals surface area contributed by atoms with Crippen molar-refractivity contribution in [1.29, 1.82) is 0 Å². The van der Waals surface area contributed by atoms with E-state index in [1.807, 2.05) is 45.0 Å². The first-order valence-corrected chi connectivity index (χ1v) is 8.54. The van der Waals surface area contributed by atoms with Gasteiger partial charge in [0.05, 0.1) is 6.10 Å². The van der Waals surface area contributed by atoms with Gasteiger partial charge in [-0.2, -0.15) is 0 Å². The number of carbonyl (C=O) groups excluding carboxylic acids is 1. The summed E-state index contributed by atoms with van der Waals surface area (Å²) in [5.74, 6) is 6.19. The zero-order valence-corrected chi connectivity index (χ0v) is 15.6. The Hall–Kier alpha value is -2.03. The lowest BCUT2D eigenvalue weighted by atomic mass is 10.0. The minimum Gasteiger partial charge on any atom is -0.444 e. The molecule has 1 rings (SSSR count). The molecule has 5 heteroatoms. The van der Waals surface area contributed by atoms with Crippen LogP contribution in [0.15, 0.2) is 24.3 Å². The smallest absolute Gasteiger partial charge is 0.407 e. The molecule has 1 aromatic rings. The van der Waals surface area contributed by atoms with Crippen LogP contribution in [0.3, 0.4) is 0 Å². The first-order chi connectivity index (χ1) is 11.8. The van der Waals surface area contributed by atoms with Gasteiger partial charge in [0.1, 0.15) is 5.60 Å². The lowest BCUT2D eigenvalue weighted by Gasteiger charge is -2.20. The molecule has 0 heterocycles. The molecule has 1 amide bonds. The van der Waals surface area contributed by atoms with Gasteiger partial charge in [-0.1, -0.05) is 24.0 Å². The molecule has 0 bridgehead atoms. The number of hydrogen-bond acceptors (Lipinski definition) is 4. The molecule has 0 aliphatic carbocycles. The predicted molar refractivity (Wildman–Crippen MR) is 98.2 cm³/mol. The SMILES string of the molecule is COCCCC#Cc1cccc(C(O)CCNC(=O)OC(C)(C)C)c1. The molecule has 1 aromatic carbocycles. The van der Waals surface area contributed by atoms with Crippen LogP contribution in [0.4, 0.5) is 4.79 Å². The van der Waals surface area contributed by atoms with Crippen LogP contribution in [0.25, 0.3) is 0 Å². The number of carbonyl (C=O) groups is 1. The number of aliphatic hydroxyl groups excluding tert-OH is 1. The third-order valence-corrected chi connectivity index (χ3v) is 3.24. The van der Waals surface area contributed by atoms with Crippen molar-refractivity contribution in [3.63, 3.8) is 0 Å². The number of alkyl carbamates (subject to hydrolysis) is 1. The van der Waals surface area contributed by atoms with E-state index in [1.54, 1.807) is 7.11 Å². The molecule has 0 aliphatic heterocycles. The molecule has 0 aliphatic rings. The number of benzene rings is 1. The van der Waals surface area contributed by atoms with Crippen LogP contribution in [-0.2, 0) is 9.47 Å². The second-order valence-electron chi connectivity index (χ2n) is 6.76. The highest BCUT2D eigenvalue weighted by atomic mass is 16.6. The molecular weight excluding hydrogens is 318 g/mol. The van der Waals surface area contributed by atoms with Crippen LogP contribution < -0.4 is 5.32 Å². The zero-order chi connectivity index (χ0) is 18.7. The summed E-state index contributed by atoms with van der Waals surface area (Å²) >= 11 is 0. The number of hydrogen-bond donors (Lipinski definition) is 2. The Labute approximate surface area is 150 Å². The largest absolute Gasteiger partial charge is 0.444 e. The van der Waals surface area contributed by atoms with Crippen LogP contribution in [-0.4, -0.2) is 37.1 Å². The molecule has 1 atom stereocenters. The molecule has 25 heavy (non-hydrogen) atoms. The average Bonchev–Trinajstić information content (AvgIpc) is 2.53. The maximum absolute atomic E-state index is 11.6. The fourth-order valence-electron chi connectivity index (χ4n) is 2.08. The Balaban J connectivity index is 2.46. The van der Waals surface area contributed by atoms with Crippen LogP contribution in [0.2, 0.25) is 0 Å². The monoisotopic (exact) mass is 347 g/mol. The van der Waals surface area contributed by atoms with E-state index in [1.165, 1.54) is 0 Å². The van der Waals surface area contributed by atoms with Gasteiger partial charge in [0.25, 0.3) is 0 Å². The quantitative estimate of drug-likeness (QED) is 0.586. The second-order valence-corrected chi connectivity index (χ2v) is 6.76. The maximum atomic E-state index is 11.6. The third-order valence-electron chi connectivity index (χ3n) is 3.24. The maximum Gasteiger partial charge on any atom is 0.407 e. The topological polar surface area (TPSA) is 67.8 Å². The van der Waals surface area contributed by atoms with Crippen molar-refractivity contribution in [3.05, 3.63) is 35.4 Å². The highest BCUT2D eigenvalue weighted by Gasteiger charge is 2.16. The summed E-state index contributed by atoms with van der Waals surface area (Å²) in [6, 6.07) is 7.52. The van der Waals surface area contributed by atoms with Gasteiger partial charge in [0, 0.05) is 32.2 Å². The number of aliphatic hydroxyl groups is 1. The number of rotatable bonds is 7. The van der Waals surface area contributed by atoms with Crippen LogP contribution in [0, 0.1) is 11.8 Å². The van der Waals surface area contributed by atoms with E-state index in [0.29, 0.717) is 19.6 Å². The van der Waals surface area contributed by atoms with Crippen LogP contribution >= 0.6 is 0 Å². The number of methoxy groups -OCH3 is 1. The van der Waals surface area contributed by atoms with Gasteiger partial charge in [-0.05, 0) is 51.3 Å². The van der Waals surface area contributed by atoms with Crippen molar-refractivity contribution < 1.29 is 19.4 Å². The van der Waals surface area contributed by atoms with E-state index in [4.69, 9.17) is 9.47 Å². The van der Waals surface area contributed by atoms with Gasteiger partial charge in [0.2, 0.25) is 0 Å². The highest BCUT2D eigenvalue weighted by Crippen LogP contribution is 2.17. The molecule has 0 saturated carbocycles. The molecule has 0 aromatic heterocycles. The minimum atomic E-state index is -0.662. The summed E-state index contributed by atoms with van der Waals surface area (Å²) in [6.45, 7) is 6.47. The molecule has 0 spiro atoms. The first-order valence-electron chi connectivity index (χ1n) is 8.54. The van der Waals surface area contributed by atoms with E-state index >= 15 is 0 Å². The molecule has 5 nitrogen and oxygen atoms in total. The van der Waals surface area contributed by atoms with Crippen molar-refractivity contribution >= 4 is 6.09 Å². The van der Waals surface area contributed by atoms with Crippen LogP contribution in [0.1, 0.15) is 57.3 Å². The van der Waals surface area contributed by atoms with Gasteiger partial charge < -0.3 is 19.9 Å². The van der Waals surface area contributed by atoms with Gasteiger partial charge in [0.15, 0.2) is 0 Å². The highest BCUT2D eigenvalue weighted by molar-refractivity contribution is 5.67. The average molecular weight is 347 g/mol. The number of unbranched alkanes of at least 4 members (excludes halogenated alkanes) is 1. The molecule has 1 unspecified atom stereocenters. The second kappa shape index (κ2) is 10.8. The predicted octanol–water partition coefficient (Wildman–Crippen LogP) is 3.41. The lowest BCUT2D eigenvalue weighted by molar-refractivity contribution is 0.0518. The molecule has 0 fully saturated rings. The Morgan fingerprint density at radius 2 is 2.12 bits per heavy atom. The van der Waals surface area contributed by atoms with Gasteiger partial charge in [-0.15, -0.1) is 0 Å². The summed E-state index contributed by atoms with van der Waals surface area (Å²) in [5, 5.41) is 12.9. The Bertz CT molecular complexity index is 596. The number of amides is 1. The summed E-state index contributed by atoms with van der Waals surface area (Å²) in [4.78, 5) is 11.6. The Morgan fingerprint density at radius 3 is 2.80 bits per heavy atom. The first kappa shape index (κ1) is 21.0. The summed E-state index contributed by atoms with van der Waals surface area (Å²) in [7, 11) is 1.68. The van der Waals surface area contributed by atoms with E-state index in [2.05, 4.69) is 17.2 Å². The van der Waals surface area contributed by atoms with Crippen molar-refractivity contribution in [1.82, 2.24) is 5.32 Å². The van der Waals surface area contributed by atoms with E-state index in [9.17, 15) is 9.90 Å². The Morgan fingerprint density at radius 1 is 1.36 bits per heavy atom. The Kier molecular flexibility index (Phi) is 9.04. The standard InChI is InChI=1S/C20H29NO4/c1-20(2,3)25-19(23)21-13-12-18(22)17-11-8-10-16(15-17)9-6-5-7-14-24-4/h8,10-11,15,18,22H,5,7,12-14H2,1-4H3,(H,21,23). The van der Waals surface area contributed by atoms with E-state index < -0.39 is 17.8 Å². The van der Waals surface area contributed by atoms with Crippen molar-refractivity contribution in [2.24, 2.45) is 0 Å². The zero-order valence-electron chi connectivity index (χ0n) is 15.6. The van der Waals surface area contributed by atoms with Gasteiger partial charge in [-0.25, -0.2) is 4.79 Å². The summed E-state index contributed by atoms with van der Waals surface area (Å²) < 4.78 is 10.1. The summed E-state index contributed by atoms with van der Waals surface area (Å²) in [5.41, 5.74) is 1.13. The molecule has 138 valence electrons. The molecule has 0 radical (unpaired) electrons. The summed E-state index contributed by atoms with van der Waals surface area (Å²) in [6.07, 6.45) is 0.951. The van der Waals surface area contributed by atoms with Crippen LogP contribution in [0.5, 0.6) is 0 Å². The van der Waals surface area contributed by atoms with Crippen molar-refractivity contribution in [2.75, 3.05) is 20.3 Å². The molecule has 2 N–H and O–H groups in total. The number of nitrogens with one attached hydrogen (secondary N) is 1. The van der Waals surface area contributed by atoms with Crippen molar-refractivity contribution in [3.8, 4) is 11.8 Å². The van der Waals surface area contributed by atoms with E-state index in [-0.39, 0.29) is 0 Å². The minimum absolute atomic E-state index is 0.336. The molecular formula is C20H29NO4. The fraction of sp³-hybridized carbons (Fsp3) is 0.550. The fourth-order valence-corrected chi connectivity index (χ4v) is 2.08. The number of ether oxygens (including phenoxy) is 2. The molecule has 0 saturated heterocycles.